The average molecular weight is 309 g/mol. The van der Waals surface area contributed by atoms with Crippen LogP contribution in [0, 0.1) is 13.8 Å². The van der Waals surface area contributed by atoms with Gasteiger partial charge in [-0.2, -0.15) is 0 Å². The normalized spacial score (nSPS) is 23.8. The number of aliphatic hydroxyl groups excluding tert-OH is 1. The SMILES string of the molecule is Cc1ccc2c(c1C)OCC(N1CCc3ccccc3C1)C2O. The Hall–Kier alpha value is -1.84. The van der Waals surface area contributed by atoms with Crippen LogP contribution in [0.2, 0.25) is 0 Å². The molecule has 4 rings (SSSR count). The van der Waals surface area contributed by atoms with E-state index >= 15 is 0 Å². The van der Waals surface area contributed by atoms with E-state index in [1.54, 1.807) is 0 Å². The summed E-state index contributed by atoms with van der Waals surface area (Å²) in [6, 6.07) is 12.7. The van der Waals surface area contributed by atoms with Gasteiger partial charge in [-0.25, -0.2) is 0 Å². The molecule has 2 aliphatic heterocycles. The fourth-order valence-electron chi connectivity index (χ4n) is 3.81. The Balaban J connectivity index is 1.61. The molecule has 0 saturated carbocycles. The van der Waals surface area contributed by atoms with Gasteiger partial charge in [0, 0.05) is 18.7 Å². The lowest BCUT2D eigenvalue weighted by atomic mass is 9.91. The number of benzene rings is 2. The minimum Gasteiger partial charge on any atom is -0.491 e. The molecule has 0 radical (unpaired) electrons. The number of aryl methyl sites for hydroxylation is 1. The molecule has 2 aromatic carbocycles. The van der Waals surface area contributed by atoms with Crippen LogP contribution in [0.3, 0.4) is 0 Å². The summed E-state index contributed by atoms with van der Waals surface area (Å²) in [5.74, 6) is 0.881. The number of hydrogen-bond acceptors (Lipinski definition) is 3. The first-order valence-corrected chi connectivity index (χ1v) is 8.37. The molecule has 0 aromatic heterocycles. The standard InChI is InChI=1S/C20H23NO2/c1-13-7-8-17-19(22)18(12-23-20(17)14(13)2)21-10-9-15-5-3-4-6-16(15)11-21/h3-8,18-19,22H,9-12H2,1-2H3. The summed E-state index contributed by atoms with van der Waals surface area (Å²) in [6.07, 6.45) is 0.558. The lowest BCUT2D eigenvalue weighted by molar-refractivity contribution is -0.00316. The second-order valence-corrected chi connectivity index (χ2v) is 6.74. The Morgan fingerprint density at radius 2 is 1.87 bits per heavy atom. The molecular formula is C20H23NO2. The van der Waals surface area contributed by atoms with Crippen molar-refractivity contribution in [3.63, 3.8) is 0 Å². The van der Waals surface area contributed by atoms with Crippen LogP contribution in [0.25, 0.3) is 0 Å². The summed E-state index contributed by atoms with van der Waals surface area (Å²) >= 11 is 0. The topological polar surface area (TPSA) is 32.7 Å². The van der Waals surface area contributed by atoms with Crippen molar-refractivity contribution in [2.45, 2.75) is 39.0 Å². The van der Waals surface area contributed by atoms with E-state index in [9.17, 15) is 5.11 Å². The monoisotopic (exact) mass is 309 g/mol. The van der Waals surface area contributed by atoms with Crippen LogP contribution in [0.15, 0.2) is 36.4 Å². The van der Waals surface area contributed by atoms with Crippen molar-refractivity contribution in [3.05, 3.63) is 64.2 Å². The van der Waals surface area contributed by atoms with Gasteiger partial charge in [-0.15, -0.1) is 0 Å². The third-order valence-corrected chi connectivity index (χ3v) is 5.42. The zero-order valence-electron chi connectivity index (χ0n) is 13.7. The summed E-state index contributed by atoms with van der Waals surface area (Å²) in [6.45, 7) is 6.57. The molecule has 2 aliphatic rings. The van der Waals surface area contributed by atoms with E-state index in [-0.39, 0.29) is 6.04 Å². The Morgan fingerprint density at radius 1 is 1.09 bits per heavy atom. The van der Waals surface area contributed by atoms with Gasteiger partial charge in [-0.05, 0) is 42.5 Å². The van der Waals surface area contributed by atoms with Crippen LogP contribution >= 0.6 is 0 Å². The number of aliphatic hydroxyl groups is 1. The third kappa shape index (κ3) is 2.44. The van der Waals surface area contributed by atoms with E-state index < -0.39 is 6.10 Å². The van der Waals surface area contributed by atoms with Crippen molar-refractivity contribution in [1.82, 2.24) is 4.90 Å². The summed E-state index contributed by atoms with van der Waals surface area (Å²) in [7, 11) is 0. The van der Waals surface area contributed by atoms with Crippen molar-refractivity contribution >= 4 is 0 Å². The van der Waals surface area contributed by atoms with Crippen LogP contribution < -0.4 is 4.74 Å². The lowest BCUT2D eigenvalue weighted by Crippen LogP contribution is -2.48. The fourth-order valence-corrected chi connectivity index (χ4v) is 3.81. The van der Waals surface area contributed by atoms with E-state index in [4.69, 9.17) is 4.74 Å². The Labute approximate surface area is 137 Å². The first-order valence-electron chi connectivity index (χ1n) is 8.37. The molecular weight excluding hydrogens is 286 g/mol. The number of hydrogen-bond donors (Lipinski definition) is 1. The number of rotatable bonds is 1. The zero-order valence-corrected chi connectivity index (χ0v) is 13.7. The highest BCUT2D eigenvalue weighted by molar-refractivity contribution is 5.48. The molecule has 2 unspecified atom stereocenters. The van der Waals surface area contributed by atoms with Gasteiger partial charge in [0.05, 0.1) is 6.04 Å². The molecule has 0 saturated heterocycles. The third-order valence-electron chi connectivity index (χ3n) is 5.42. The molecule has 2 heterocycles. The molecule has 3 heteroatoms. The van der Waals surface area contributed by atoms with E-state index in [1.807, 2.05) is 6.07 Å². The number of nitrogens with zero attached hydrogens (tertiary/aromatic N) is 1. The summed E-state index contributed by atoms with van der Waals surface area (Å²) in [4.78, 5) is 2.37. The van der Waals surface area contributed by atoms with E-state index in [2.05, 4.69) is 49.1 Å². The van der Waals surface area contributed by atoms with Crippen LogP contribution in [0.4, 0.5) is 0 Å². The molecule has 2 aromatic rings. The van der Waals surface area contributed by atoms with Crippen molar-refractivity contribution in [3.8, 4) is 5.75 Å². The van der Waals surface area contributed by atoms with Gasteiger partial charge in [0.2, 0.25) is 0 Å². The minimum absolute atomic E-state index is 0.0259. The maximum Gasteiger partial charge on any atom is 0.128 e. The second-order valence-electron chi connectivity index (χ2n) is 6.74. The first kappa shape index (κ1) is 14.7. The van der Waals surface area contributed by atoms with Crippen LogP contribution in [0.5, 0.6) is 5.75 Å². The lowest BCUT2D eigenvalue weighted by Gasteiger charge is -2.41. The van der Waals surface area contributed by atoms with Gasteiger partial charge < -0.3 is 9.84 Å². The van der Waals surface area contributed by atoms with Crippen LogP contribution in [-0.2, 0) is 13.0 Å². The fraction of sp³-hybridized carbons (Fsp3) is 0.400. The minimum atomic E-state index is -0.483. The zero-order chi connectivity index (χ0) is 16.0. The molecule has 0 spiro atoms. The second kappa shape index (κ2) is 5.66. The summed E-state index contributed by atoms with van der Waals surface area (Å²) < 4.78 is 6.06. The highest BCUT2D eigenvalue weighted by atomic mass is 16.5. The highest BCUT2D eigenvalue weighted by Crippen LogP contribution is 2.38. The van der Waals surface area contributed by atoms with E-state index in [0.717, 1.165) is 36.4 Å². The molecule has 23 heavy (non-hydrogen) atoms. The summed E-state index contributed by atoms with van der Waals surface area (Å²) in [5.41, 5.74) is 6.09. The van der Waals surface area contributed by atoms with Crippen molar-refractivity contribution < 1.29 is 9.84 Å². The quantitative estimate of drug-likeness (QED) is 0.878. The molecule has 2 atom stereocenters. The van der Waals surface area contributed by atoms with Gasteiger partial charge in [0.1, 0.15) is 18.5 Å². The van der Waals surface area contributed by atoms with Gasteiger partial charge in [-0.1, -0.05) is 36.4 Å². The van der Waals surface area contributed by atoms with Crippen molar-refractivity contribution in [2.75, 3.05) is 13.2 Å². The van der Waals surface area contributed by atoms with Crippen molar-refractivity contribution in [1.29, 1.82) is 0 Å². The maximum atomic E-state index is 10.9. The number of fused-ring (bicyclic) bond motifs is 2. The van der Waals surface area contributed by atoms with Crippen molar-refractivity contribution in [2.24, 2.45) is 0 Å². The molecule has 120 valence electrons. The largest absolute Gasteiger partial charge is 0.491 e. The Kier molecular flexibility index (Phi) is 3.63. The Morgan fingerprint density at radius 3 is 2.70 bits per heavy atom. The van der Waals surface area contributed by atoms with E-state index in [0.29, 0.717) is 6.61 Å². The predicted molar refractivity (Wildman–Crippen MR) is 90.7 cm³/mol. The smallest absolute Gasteiger partial charge is 0.128 e. The number of ether oxygens (including phenoxy) is 1. The average Bonchev–Trinajstić information content (AvgIpc) is 2.58. The molecule has 0 amide bonds. The molecule has 0 aliphatic carbocycles. The van der Waals surface area contributed by atoms with Gasteiger partial charge in [-0.3, -0.25) is 4.90 Å². The first-order chi connectivity index (χ1) is 11.1. The van der Waals surface area contributed by atoms with Gasteiger partial charge in [0.15, 0.2) is 0 Å². The maximum absolute atomic E-state index is 10.9. The van der Waals surface area contributed by atoms with E-state index in [1.165, 1.54) is 16.7 Å². The summed E-state index contributed by atoms with van der Waals surface area (Å²) in [5, 5.41) is 10.9. The van der Waals surface area contributed by atoms with Crippen LogP contribution in [0.1, 0.15) is 33.9 Å². The van der Waals surface area contributed by atoms with Gasteiger partial charge >= 0.3 is 0 Å². The predicted octanol–water partition coefficient (Wildman–Crippen LogP) is 3.16. The molecule has 3 nitrogen and oxygen atoms in total. The molecule has 1 N–H and O–H groups in total. The Bertz CT molecular complexity index is 740. The molecule has 0 bridgehead atoms. The van der Waals surface area contributed by atoms with Gasteiger partial charge in [0.25, 0.3) is 0 Å². The molecule has 0 fully saturated rings. The highest BCUT2D eigenvalue weighted by Gasteiger charge is 2.35. The van der Waals surface area contributed by atoms with Crippen LogP contribution in [-0.4, -0.2) is 29.2 Å².